The first kappa shape index (κ1) is 13.2. The maximum atomic E-state index is 7.90. The van der Waals surface area contributed by atoms with Crippen LogP contribution < -0.4 is 0 Å². The largest absolute Gasteiger partial charge is 0.251 e. The molecule has 0 radical (unpaired) electrons. The molecular weight excluding hydrogens is 200 g/mol. The zero-order valence-electron chi connectivity index (χ0n) is 10.5. The molecule has 1 aromatic carbocycles. The van der Waals surface area contributed by atoms with Gasteiger partial charge in [-0.1, -0.05) is 24.3 Å². The van der Waals surface area contributed by atoms with Crippen LogP contribution in [0.2, 0.25) is 0 Å². The molecule has 1 aliphatic carbocycles. The molecule has 0 saturated heterocycles. The van der Waals surface area contributed by atoms with Gasteiger partial charge >= 0.3 is 0 Å². The second-order valence-electron chi connectivity index (χ2n) is 5.18. The van der Waals surface area contributed by atoms with Crippen LogP contribution in [0, 0.1) is 0 Å². The Kier molecular flexibility index (Phi) is 4.97. The van der Waals surface area contributed by atoms with Crippen LogP contribution in [0.4, 0.5) is 0 Å². The smallest absolute Gasteiger partial charge is 0.0949 e. The number of hydrogen-bond acceptors (Lipinski definition) is 2. The summed E-state index contributed by atoms with van der Waals surface area (Å²) in [7, 11) is 0. The maximum Gasteiger partial charge on any atom is 0.0949 e. The fraction of sp³-hybridized carbons (Fsp3) is 0.571. The summed E-state index contributed by atoms with van der Waals surface area (Å²) in [4.78, 5) is 3.94. The van der Waals surface area contributed by atoms with Gasteiger partial charge < -0.3 is 0 Å². The topological polar surface area (TPSA) is 29.5 Å². The van der Waals surface area contributed by atoms with Gasteiger partial charge in [0.05, 0.1) is 5.60 Å². The summed E-state index contributed by atoms with van der Waals surface area (Å²) in [6.45, 7) is 5.31. The highest BCUT2D eigenvalue weighted by molar-refractivity contribution is 5.28. The van der Waals surface area contributed by atoms with Crippen molar-refractivity contribution in [3.8, 4) is 0 Å². The first-order valence-electron chi connectivity index (χ1n) is 5.92. The van der Waals surface area contributed by atoms with E-state index in [1.165, 1.54) is 25.7 Å². The highest BCUT2D eigenvalue weighted by Crippen LogP contribution is 2.19. The fourth-order valence-corrected chi connectivity index (χ4v) is 1.68. The summed E-state index contributed by atoms with van der Waals surface area (Å²) in [5.41, 5.74) is 2.75. The number of aryl methyl sites for hydroxylation is 2. The number of rotatable bonds is 0. The Morgan fingerprint density at radius 1 is 1.00 bits per heavy atom. The minimum absolute atomic E-state index is 0.403. The second kappa shape index (κ2) is 6.02. The van der Waals surface area contributed by atoms with Crippen molar-refractivity contribution in [2.45, 2.75) is 52.1 Å². The highest BCUT2D eigenvalue weighted by atomic mass is 17.1. The second-order valence-corrected chi connectivity index (χ2v) is 5.18. The Balaban J connectivity index is 0.000000187. The average molecular weight is 222 g/mol. The third kappa shape index (κ3) is 4.77. The number of fused-ring (bicyclic) bond motifs is 1. The summed E-state index contributed by atoms with van der Waals surface area (Å²) in [6, 6.07) is 8.80. The highest BCUT2D eigenvalue weighted by Gasteiger charge is 2.07. The third-order valence-corrected chi connectivity index (χ3v) is 2.53. The molecule has 0 unspecified atom stereocenters. The van der Waals surface area contributed by atoms with Gasteiger partial charge in [0.25, 0.3) is 0 Å². The number of hydrogen-bond donors (Lipinski definition) is 1. The van der Waals surface area contributed by atoms with Crippen LogP contribution in [0.15, 0.2) is 24.3 Å². The van der Waals surface area contributed by atoms with Gasteiger partial charge in [0.1, 0.15) is 0 Å². The molecule has 0 atom stereocenters. The molecule has 0 bridgehead atoms. The van der Waals surface area contributed by atoms with Gasteiger partial charge in [0.15, 0.2) is 0 Å². The van der Waals surface area contributed by atoms with E-state index >= 15 is 0 Å². The minimum Gasteiger partial charge on any atom is -0.251 e. The SMILES string of the molecule is CC(C)(C)OO.c1ccc2c(c1)CCCC2. The van der Waals surface area contributed by atoms with Crippen molar-refractivity contribution in [1.82, 2.24) is 0 Å². The van der Waals surface area contributed by atoms with Crippen molar-refractivity contribution in [3.05, 3.63) is 35.4 Å². The average Bonchev–Trinajstić information content (AvgIpc) is 2.29. The van der Waals surface area contributed by atoms with Crippen LogP contribution in [-0.4, -0.2) is 10.9 Å². The molecule has 2 rings (SSSR count). The molecule has 1 N–H and O–H groups in total. The quantitative estimate of drug-likeness (QED) is 0.534. The molecule has 0 heterocycles. The minimum atomic E-state index is -0.403. The normalized spacial score (nSPS) is 14.8. The zero-order chi connectivity index (χ0) is 12.0. The first-order valence-corrected chi connectivity index (χ1v) is 5.92. The monoisotopic (exact) mass is 222 g/mol. The van der Waals surface area contributed by atoms with Crippen molar-refractivity contribution in [2.75, 3.05) is 0 Å². The van der Waals surface area contributed by atoms with Gasteiger partial charge in [-0.2, -0.15) is 0 Å². The van der Waals surface area contributed by atoms with Crippen LogP contribution in [0.1, 0.15) is 44.7 Å². The lowest BCUT2D eigenvalue weighted by molar-refractivity contribution is -0.306. The molecule has 0 amide bonds. The summed E-state index contributed by atoms with van der Waals surface area (Å²) in [5.74, 6) is 0. The Morgan fingerprint density at radius 2 is 1.38 bits per heavy atom. The van der Waals surface area contributed by atoms with Crippen molar-refractivity contribution in [3.63, 3.8) is 0 Å². The molecule has 90 valence electrons. The molecule has 0 fully saturated rings. The predicted molar refractivity (Wildman–Crippen MR) is 66.6 cm³/mol. The Hall–Kier alpha value is -0.860. The van der Waals surface area contributed by atoms with E-state index in [4.69, 9.17) is 5.26 Å². The molecule has 2 heteroatoms. The Labute approximate surface area is 98.2 Å². The van der Waals surface area contributed by atoms with Gasteiger partial charge in [0, 0.05) is 0 Å². The lowest BCUT2D eigenvalue weighted by Crippen LogP contribution is -2.15. The van der Waals surface area contributed by atoms with E-state index in [0.29, 0.717) is 0 Å². The molecule has 16 heavy (non-hydrogen) atoms. The van der Waals surface area contributed by atoms with E-state index in [2.05, 4.69) is 29.2 Å². The molecule has 2 nitrogen and oxygen atoms in total. The van der Waals surface area contributed by atoms with Crippen molar-refractivity contribution in [2.24, 2.45) is 0 Å². The van der Waals surface area contributed by atoms with Gasteiger partial charge in [-0.05, 0) is 57.6 Å². The van der Waals surface area contributed by atoms with Gasteiger partial charge in [0.2, 0.25) is 0 Å². The van der Waals surface area contributed by atoms with Crippen molar-refractivity contribution in [1.29, 1.82) is 0 Å². The standard InChI is InChI=1S/C10H12.C4H10O2/c1-2-6-10-8-4-3-7-9(10)5-1;1-4(2,3)6-5/h1-2,5-6H,3-4,7-8H2;5H,1-3H3. The Bertz CT molecular complexity index is 288. The lowest BCUT2D eigenvalue weighted by atomic mass is 9.92. The summed E-state index contributed by atoms with van der Waals surface area (Å²) in [5, 5.41) is 7.90. The number of benzene rings is 1. The van der Waals surface area contributed by atoms with Crippen molar-refractivity contribution < 1.29 is 10.1 Å². The zero-order valence-corrected chi connectivity index (χ0v) is 10.5. The lowest BCUT2D eigenvalue weighted by Gasteiger charge is -2.13. The van der Waals surface area contributed by atoms with Crippen LogP contribution in [-0.2, 0) is 17.7 Å². The molecule has 0 aliphatic heterocycles. The van der Waals surface area contributed by atoms with E-state index < -0.39 is 5.60 Å². The van der Waals surface area contributed by atoms with Gasteiger partial charge in [-0.15, -0.1) is 0 Å². The van der Waals surface area contributed by atoms with Crippen LogP contribution in [0.3, 0.4) is 0 Å². The van der Waals surface area contributed by atoms with Crippen molar-refractivity contribution >= 4 is 0 Å². The van der Waals surface area contributed by atoms with Gasteiger partial charge in [-0.25, -0.2) is 4.89 Å². The maximum absolute atomic E-state index is 7.90. The molecule has 1 aliphatic rings. The summed E-state index contributed by atoms with van der Waals surface area (Å²) in [6.07, 6.45) is 5.38. The molecule has 0 aromatic heterocycles. The molecular formula is C14H22O2. The van der Waals surface area contributed by atoms with E-state index in [9.17, 15) is 0 Å². The van der Waals surface area contributed by atoms with E-state index in [-0.39, 0.29) is 0 Å². The molecule has 0 saturated carbocycles. The summed E-state index contributed by atoms with van der Waals surface area (Å²) < 4.78 is 0. The third-order valence-electron chi connectivity index (χ3n) is 2.53. The predicted octanol–water partition coefficient (Wildman–Crippen LogP) is 3.84. The van der Waals surface area contributed by atoms with E-state index in [1.54, 1.807) is 31.9 Å². The Morgan fingerprint density at radius 3 is 1.69 bits per heavy atom. The molecule has 0 spiro atoms. The van der Waals surface area contributed by atoms with E-state index in [0.717, 1.165) is 0 Å². The van der Waals surface area contributed by atoms with Crippen LogP contribution in [0.25, 0.3) is 0 Å². The molecule has 1 aromatic rings. The fourth-order valence-electron chi connectivity index (χ4n) is 1.68. The van der Waals surface area contributed by atoms with E-state index in [1.807, 2.05) is 0 Å². The summed E-state index contributed by atoms with van der Waals surface area (Å²) >= 11 is 0. The van der Waals surface area contributed by atoms with Gasteiger partial charge in [-0.3, -0.25) is 5.26 Å². The van der Waals surface area contributed by atoms with Crippen LogP contribution in [0.5, 0.6) is 0 Å². The van der Waals surface area contributed by atoms with Crippen LogP contribution >= 0.6 is 0 Å². The first-order chi connectivity index (χ1) is 7.53.